The highest BCUT2D eigenvalue weighted by atomic mass is 16.2. The van der Waals surface area contributed by atoms with Crippen molar-refractivity contribution in [2.45, 2.75) is 57.8 Å². The summed E-state index contributed by atoms with van der Waals surface area (Å²) in [6.45, 7) is 6.09. The Hall–Kier alpha value is -0.610. The van der Waals surface area contributed by atoms with E-state index in [4.69, 9.17) is 5.73 Å². The van der Waals surface area contributed by atoms with Crippen molar-refractivity contribution in [3.8, 4) is 0 Å². The average Bonchev–Trinajstić information content (AvgIpc) is 2.77. The van der Waals surface area contributed by atoms with Gasteiger partial charge in [0.2, 0.25) is 5.91 Å². The molecule has 0 aromatic heterocycles. The van der Waals surface area contributed by atoms with Gasteiger partial charge in [-0.25, -0.2) is 0 Å². The van der Waals surface area contributed by atoms with E-state index in [0.29, 0.717) is 11.8 Å². The van der Waals surface area contributed by atoms with Crippen molar-refractivity contribution in [1.29, 1.82) is 0 Å². The first kappa shape index (κ1) is 16.8. The van der Waals surface area contributed by atoms with Crippen molar-refractivity contribution in [3.05, 3.63) is 0 Å². The predicted octanol–water partition coefficient (Wildman–Crippen LogP) is 2.23. The molecular formula is C17H33N3O. The molecule has 0 atom stereocenters. The summed E-state index contributed by atoms with van der Waals surface area (Å²) in [7, 11) is 0. The third kappa shape index (κ3) is 5.59. The Morgan fingerprint density at radius 2 is 1.71 bits per heavy atom. The number of carbonyl (C=O) groups is 1. The second kappa shape index (κ2) is 9.42. The maximum absolute atomic E-state index is 12.6. The summed E-state index contributed by atoms with van der Waals surface area (Å²) < 4.78 is 0. The van der Waals surface area contributed by atoms with E-state index in [1.165, 1.54) is 38.6 Å². The third-order valence-electron chi connectivity index (χ3n) is 5.03. The second-order valence-corrected chi connectivity index (χ2v) is 6.70. The molecule has 0 spiro atoms. The van der Waals surface area contributed by atoms with Crippen LogP contribution in [0.25, 0.3) is 0 Å². The molecule has 1 saturated heterocycles. The lowest BCUT2D eigenvalue weighted by Gasteiger charge is -2.28. The number of hydrogen-bond acceptors (Lipinski definition) is 3. The van der Waals surface area contributed by atoms with E-state index in [1.807, 2.05) is 0 Å². The first-order valence-corrected chi connectivity index (χ1v) is 9.02. The van der Waals surface area contributed by atoms with Gasteiger partial charge in [0.05, 0.1) is 0 Å². The van der Waals surface area contributed by atoms with E-state index < -0.39 is 0 Å². The molecule has 2 N–H and O–H groups in total. The summed E-state index contributed by atoms with van der Waals surface area (Å²) in [5.41, 5.74) is 5.54. The highest BCUT2D eigenvalue weighted by Crippen LogP contribution is 2.25. The molecule has 1 amide bonds. The Kier molecular flexibility index (Phi) is 7.51. The summed E-state index contributed by atoms with van der Waals surface area (Å²) in [5.74, 6) is 0.773. The van der Waals surface area contributed by atoms with Crippen LogP contribution in [0.5, 0.6) is 0 Å². The van der Waals surface area contributed by atoms with Crippen LogP contribution < -0.4 is 5.73 Å². The predicted molar refractivity (Wildman–Crippen MR) is 87.1 cm³/mol. The van der Waals surface area contributed by atoms with Crippen LogP contribution in [-0.4, -0.2) is 55.0 Å². The van der Waals surface area contributed by atoms with Crippen LogP contribution in [0.4, 0.5) is 0 Å². The van der Waals surface area contributed by atoms with Gasteiger partial charge < -0.3 is 15.5 Å². The molecule has 1 saturated carbocycles. The lowest BCUT2D eigenvalue weighted by Crippen LogP contribution is -2.39. The molecule has 1 heterocycles. The second-order valence-electron chi connectivity index (χ2n) is 6.70. The van der Waals surface area contributed by atoms with Crippen molar-refractivity contribution in [3.63, 3.8) is 0 Å². The van der Waals surface area contributed by atoms with Crippen LogP contribution in [0.1, 0.15) is 57.8 Å². The molecule has 2 aliphatic rings. The smallest absolute Gasteiger partial charge is 0.225 e. The quantitative estimate of drug-likeness (QED) is 0.765. The highest BCUT2D eigenvalue weighted by Gasteiger charge is 2.27. The molecule has 0 radical (unpaired) electrons. The Morgan fingerprint density at radius 3 is 2.48 bits per heavy atom. The fourth-order valence-electron chi connectivity index (χ4n) is 3.68. The zero-order chi connectivity index (χ0) is 14.9. The molecule has 0 bridgehead atoms. The summed E-state index contributed by atoms with van der Waals surface area (Å²) in [4.78, 5) is 17.3. The topological polar surface area (TPSA) is 49.6 Å². The Morgan fingerprint density at radius 1 is 0.905 bits per heavy atom. The zero-order valence-electron chi connectivity index (χ0n) is 13.6. The molecule has 1 aliphatic carbocycles. The Bertz CT molecular complexity index is 302. The van der Waals surface area contributed by atoms with Gasteiger partial charge in [-0.1, -0.05) is 25.7 Å². The normalized spacial score (nSPS) is 22.2. The number of carbonyl (C=O) groups excluding carboxylic acids is 1. The molecule has 4 heteroatoms. The van der Waals surface area contributed by atoms with Gasteiger partial charge in [-0.05, 0) is 51.7 Å². The molecule has 0 aromatic rings. The van der Waals surface area contributed by atoms with E-state index >= 15 is 0 Å². The minimum atomic E-state index is 0.329. The molecule has 1 aliphatic heterocycles. The molecule has 21 heavy (non-hydrogen) atoms. The van der Waals surface area contributed by atoms with Gasteiger partial charge in [0.1, 0.15) is 0 Å². The summed E-state index contributed by atoms with van der Waals surface area (Å²) >= 11 is 0. The van der Waals surface area contributed by atoms with E-state index in [2.05, 4.69) is 9.80 Å². The fourth-order valence-corrected chi connectivity index (χ4v) is 3.68. The molecule has 122 valence electrons. The molecule has 0 unspecified atom stereocenters. The molecule has 2 rings (SSSR count). The number of rotatable bonds is 6. The van der Waals surface area contributed by atoms with Crippen molar-refractivity contribution >= 4 is 5.91 Å². The lowest BCUT2D eigenvalue weighted by molar-refractivity contribution is -0.136. The average molecular weight is 295 g/mol. The first-order chi connectivity index (χ1) is 10.3. The van der Waals surface area contributed by atoms with Gasteiger partial charge in [0.15, 0.2) is 0 Å². The van der Waals surface area contributed by atoms with Gasteiger partial charge in [-0.2, -0.15) is 0 Å². The molecule has 2 fully saturated rings. The Balaban J connectivity index is 1.71. The molecule has 0 aromatic carbocycles. The van der Waals surface area contributed by atoms with Crippen molar-refractivity contribution in [1.82, 2.24) is 9.80 Å². The van der Waals surface area contributed by atoms with Crippen LogP contribution in [0.3, 0.4) is 0 Å². The van der Waals surface area contributed by atoms with Crippen LogP contribution in [0.2, 0.25) is 0 Å². The Labute approximate surface area is 130 Å². The van der Waals surface area contributed by atoms with E-state index in [1.54, 1.807) is 0 Å². The maximum Gasteiger partial charge on any atom is 0.225 e. The largest absolute Gasteiger partial charge is 0.341 e. The standard InChI is InChI=1S/C17H33N3O/c18-10-5-2-6-11-19-12-7-13-20(15-14-19)17(21)16-8-3-1-4-9-16/h16H,1-15,18H2. The van der Waals surface area contributed by atoms with Crippen LogP contribution in [0.15, 0.2) is 0 Å². The van der Waals surface area contributed by atoms with Gasteiger partial charge >= 0.3 is 0 Å². The minimum Gasteiger partial charge on any atom is -0.341 e. The third-order valence-corrected chi connectivity index (χ3v) is 5.03. The van der Waals surface area contributed by atoms with Gasteiger partial charge in [-0.15, -0.1) is 0 Å². The van der Waals surface area contributed by atoms with Crippen molar-refractivity contribution in [2.75, 3.05) is 39.3 Å². The zero-order valence-corrected chi connectivity index (χ0v) is 13.6. The maximum atomic E-state index is 12.6. The number of hydrogen-bond donors (Lipinski definition) is 1. The van der Waals surface area contributed by atoms with E-state index in [0.717, 1.165) is 58.4 Å². The van der Waals surface area contributed by atoms with Gasteiger partial charge in [0, 0.05) is 25.6 Å². The van der Waals surface area contributed by atoms with Crippen LogP contribution in [0, 0.1) is 5.92 Å². The SMILES string of the molecule is NCCCCCN1CCCN(C(=O)C2CCCCC2)CC1. The van der Waals surface area contributed by atoms with Gasteiger partial charge in [-0.3, -0.25) is 4.79 Å². The van der Waals surface area contributed by atoms with Crippen molar-refractivity contribution < 1.29 is 4.79 Å². The minimum absolute atomic E-state index is 0.329. The first-order valence-electron chi connectivity index (χ1n) is 9.02. The highest BCUT2D eigenvalue weighted by molar-refractivity contribution is 5.79. The number of amides is 1. The summed E-state index contributed by atoms with van der Waals surface area (Å²) in [6.07, 6.45) is 10.8. The van der Waals surface area contributed by atoms with Crippen LogP contribution in [-0.2, 0) is 4.79 Å². The van der Waals surface area contributed by atoms with E-state index in [9.17, 15) is 4.79 Å². The van der Waals surface area contributed by atoms with Gasteiger partial charge in [0.25, 0.3) is 0 Å². The fraction of sp³-hybridized carbons (Fsp3) is 0.941. The lowest BCUT2D eigenvalue weighted by atomic mass is 9.88. The monoisotopic (exact) mass is 295 g/mol. The van der Waals surface area contributed by atoms with E-state index in [-0.39, 0.29) is 0 Å². The summed E-state index contributed by atoms with van der Waals surface area (Å²) in [5, 5.41) is 0. The van der Waals surface area contributed by atoms with Crippen molar-refractivity contribution in [2.24, 2.45) is 11.7 Å². The number of unbranched alkanes of at least 4 members (excludes halogenated alkanes) is 2. The summed E-state index contributed by atoms with van der Waals surface area (Å²) in [6, 6.07) is 0. The van der Waals surface area contributed by atoms with Crippen LogP contribution >= 0.6 is 0 Å². The number of nitrogens with zero attached hydrogens (tertiary/aromatic N) is 2. The number of nitrogens with two attached hydrogens (primary N) is 1. The molecular weight excluding hydrogens is 262 g/mol. The molecule has 4 nitrogen and oxygen atoms in total.